The quantitative estimate of drug-likeness (QED) is 0.672. The normalized spacial score (nSPS) is 10.4. The molecule has 0 fully saturated rings. The van der Waals surface area contributed by atoms with E-state index in [0.717, 1.165) is 17.2 Å². The molecule has 0 aliphatic rings. The number of aromatic nitrogens is 1. The van der Waals surface area contributed by atoms with Crippen molar-refractivity contribution in [1.29, 1.82) is 0 Å². The SMILES string of the molecule is Cn1c(C=O)c(C=O)c2ccccc21. The van der Waals surface area contributed by atoms with E-state index in [1.54, 1.807) is 11.6 Å². The van der Waals surface area contributed by atoms with Gasteiger partial charge in [0.1, 0.15) is 0 Å². The molecule has 0 radical (unpaired) electrons. The molecule has 0 bridgehead atoms. The summed E-state index contributed by atoms with van der Waals surface area (Å²) in [6.45, 7) is 0. The summed E-state index contributed by atoms with van der Waals surface area (Å²) in [7, 11) is 1.78. The maximum absolute atomic E-state index is 10.8. The summed E-state index contributed by atoms with van der Waals surface area (Å²) in [6, 6.07) is 7.46. The van der Waals surface area contributed by atoms with Gasteiger partial charge in [-0.25, -0.2) is 0 Å². The van der Waals surface area contributed by atoms with Crippen molar-refractivity contribution in [2.24, 2.45) is 7.05 Å². The molecule has 70 valence electrons. The molecular formula is C11H9NO2. The van der Waals surface area contributed by atoms with Crippen molar-refractivity contribution in [2.45, 2.75) is 0 Å². The zero-order chi connectivity index (χ0) is 10.1. The molecule has 0 unspecified atom stereocenters. The fraction of sp³-hybridized carbons (Fsp3) is 0.0909. The van der Waals surface area contributed by atoms with Gasteiger partial charge in [0.2, 0.25) is 0 Å². The van der Waals surface area contributed by atoms with Gasteiger partial charge in [-0.15, -0.1) is 0 Å². The first-order chi connectivity index (χ1) is 6.79. The van der Waals surface area contributed by atoms with E-state index in [9.17, 15) is 9.59 Å². The lowest BCUT2D eigenvalue weighted by molar-refractivity contribution is 0.109. The van der Waals surface area contributed by atoms with Crippen molar-refractivity contribution in [3.8, 4) is 0 Å². The van der Waals surface area contributed by atoms with Crippen molar-refractivity contribution in [2.75, 3.05) is 0 Å². The topological polar surface area (TPSA) is 39.1 Å². The number of fused-ring (bicyclic) bond motifs is 1. The maximum atomic E-state index is 10.8. The molecule has 3 heteroatoms. The Balaban J connectivity index is 2.98. The number of benzene rings is 1. The van der Waals surface area contributed by atoms with Crippen LogP contribution in [-0.4, -0.2) is 17.1 Å². The molecule has 0 atom stereocenters. The second-order valence-electron chi connectivity index (χ2n) is 3.11. The Morgan fingerprint density at radius 1 is 1.14 bits per heavy atom. The summed E-state index contributed by atoms with van der Waals surface area (Å²) in [5.41, 5.74) is 1.80. The van der Waals surface area contributed by atoms with Crippen LogP contribution in [0.4, 0.5) is 0 Å². The fourth-order valence-electron chi connectivity index (χ4n) is 1.71. The molecule has 0 aliphatic heterocycles. The van der Waals surface area contributed by atoms with E-state index in [4.69, 9.17) is 0 Å². The summed E-state index contributed by atoms with van der Waals surface area (Å²) < 4.78 is 1.73. The highest BCUT2D eigenvalue weighted by atomic mass is 16.1. The molecule has 0 amide bonds. The number of aryl methyl sites for hydroxylation is 1. The number of hydrogen-bond donors (Lipinski definition) is 0. The zero-order valence-corrected chi connectivity index (χ0v) is 7.73. The number of hydrogen-bond acceptors (Lipinski definition) is 2. The number of carbonyl (C=O) groups excluding carboxylic acids is 2. The molecule has 2 aromatic rings. The van der Waals surface area contributed by atoms with Gasteiger partial charge in [-0.3, -0.25) is 9.59 Å². The average molecular weight is 187 g/mol. The molecule has 3 nitrogen and oxygen atoms in total. The minimum atomic E-state index is 0.432. The minimum absolute atomic E-state index is 0.432. The van der Waals surface area contributed by atoms with Gasteiger partial charge in [-0.05, 0) is 6.07 Å². The van der Waals surface area contributed by atoms with Crippen LogP contribution in [0, 0.1) is 0 Å². The van der Waals surface area contributed by atoms with Crippen LogP contribution in [0.1, 0.15) is 20.8 Å². The van der Waals surface area contributed by atoms with Crippen molar-refractivity contribution in [1.82, 2.24) is 4.57 Å². The third-order valence-electron chi connectivity index (χ3n) is 2.42. The molecule has 1 heterocycles. The lowest BCUT2D eigenvalue weighted by Gasteiger charge is -1.95. The Morgan fingerprint density at radius 3 is 2.50 bits per heavy atom. The molecule has 2 rings (SSSR count). The minimum Gasteiger partial charge on any atom is -0.341 e. The molecule has 0 aliphatic carbocycles. The average Bonchev–Trinajstić information content (AvgIpc) is 2.51. The van der Waals surface area contributed by atoms with Crippen LogP contribution in [-0.2, 0) is 7.05 Å². The largest absolute Gasteiger partial charge is 0.341 e. The standard InChI is InChI=1S/C11H9NO2/c1-12-10-5-3-2-4-8(10)9(6-13)11(12)7-14/h2-7H,1H3. The van der Waals surface area contributed by atoms with Crippen molar-refractivity contribution in [3.63, 3.8) is 0 Å². The highest BCUT2D eigenvalue weighted by Crippen LogP contribution is 2.22. The van der Waals surface area contributed by atoms with Gasteiger partial charge < -0.3 is 4.57 Å². The Bertz CT molecular complexity index is 511. The van der Waals surface area contributed by atoms with Crippen LogP contribution in [0.2, 0.25) is 0 Å². The Kier molecular flexibility index (Phi) is 1.93. The Labute approximate surface area is 81.0 Å². The summed E-state index contributed by atoms with van der Waals surface area (Å²) in [6.07, 6.45) is 1.44. The first-order valence-electron chi connectivity index (χ1n) is 4.27. The second-order valence-corrected chi connectivity index (χ2v) is 3.11. The summed E-state index contributed by atoms with van der Waals surface area (Å²) >= 11 is 0. The van der Waals surface area contributed by atoms with Crippen molar-refractivity contribution in [3.05, 3.63) is 35.5 Å². The zero-order valence-electron chi connectivity index (χ0n) is 7.73. The number of rotatable bonds is 2. The smallest absolute Gasteiger partial charge is 0.167 e. The first kappa shape index (κ1) is 8.69. The third-order valence-corrected chi connectivity index (χ3v) is 2.42. The van der Waals surface area contributed by atoms with Crippen LogP contribution in [0.5, 0.6) is 0 Å². The van der Waals surface area contributed by atoms with E-state index in [2.05, 4.69) is 0 Å². The fourth-order valence-corrected chi connectivity index (χ4v) is 1.71. The van der Waals surface area contributed by atoms with E-state index < -0.39 is 0 Å². The van der Waals surface area contributed by atoms with E-state index in [0.29, 0.717) is 17.5 Å². The summed E-state index contributed by atoms with van der Waals surface area (Å²) in [5, 5.41) is 0.826. The van der Waals surface area contributed by atoms with Gasteiger partial charge in [0.05, 0.1) is 11.3 Å². The van der Waals surface area contributed by atoms with Crippen LogP contribution in [0.3, 0.4) is 0 Å². The second kappa shape index (κ2) is 3.10. The number of para-hydroxylation sites is 1. The third kappa shape index (κ3) is 0.988. The summed E-state index contributed by atoms with van der Waals surface area (Å²) in [4.78, 5) is 21.6. The van der Waals surface area contributed by atoms with E-state index in [1.165, 1.54) is 0 Å². The van der Waals surface area contributed by atoms with Gasteiger partial charge >= 0.3 is 0 Å². The molecule has 1 aromatic heterocycles. The van der Waals surface area contributed by atoms with Gasteiger partial charge in [-0.2, -0.15) is 0 Å². The number of aldehydes is 2. The lowest BCUT2D eigenvalue weighted by Crippen LogP contribution is -1.96. The van der Waals surface area contributed by atoms with Crippen LogP contribution >= 0.6 is 0 Å². The highest BCUT2D eigenvalue weighted by molar-refractivity contribution is 6.05. The van der Waals surface area contributed by atoms with Gasteiger partial charge in [0, 0.05) is 18.0 Å². The van der Waals surface area contributed by atoms with Gasteiger partial charge in [-0.1, -0.05) is 18.2 Å². The Hall–Kier alpha value is -1.90. The Morgan fingerprint density at radius 2 is 1.86 bits per heavy atom. The number of nitrogens with zero attached hydrogens (tertiary/aromatic N) is 1. The predicted molar refractivity (Wildman–Crippen MR) is 53.7 cm³/mol. The van der Waals surface area contributed by atoms with Crippen molar-refractivity contribution < 1.29 is 9.59 Å². The monoisotopic (exact) mass is 187 g/mol. The van der Waals surface area contributed by atoms with Gasteiger partial charge in [0.25, 0.3) is 0 Å². The van der Waals surface area contributed by atoms with E-state index >= 15 is 0 Å². The van der Waals surface area contributed by atoms with E-state index in [1.807, 2.05) is 24.3 Å². The molecule has 1 aromatic carbocycles. The summed E-state index contributed by atoms with van der Waals surface area (Å²) in [5.74, 6) is 0. The molecule has 0 saturated carbocycles. The first-order valence-corrected chi connectivity index (χ1v) is 4.27. The molecule has 14 heavy (non-hydrogen) atoms. The van der Waals surface area contributed by atoms with Gasteiger partial charge in [0.15, 0.2) is 12.6 Å². The predicted octanol–water partition coefficient (Wildman–Crippen LogP) is 1.80. The molecule has 0 saturated heterocycles. The molecule has 0 spiro atoms. The van der Waals surface area contributed by atoms with Crippen LogP contribution in [0.25, 0.3) is 10.9 Å². The lowest BCUT2D eigenvalue weighted by atomic mass is 10.1. The molecular weight excluding hydrogens is 178 g/mol. The molecule has 0 N–H and O–H groups in total. The maximum Gasteiger partial charge on any atom is 0.167 e. The van der Waals surface area contributed by atoms with E-state index in [-0.39, 0.29) is 0 Å². The highest BCUT2D eigenvalue weighted by Gasteiger charge is 2.12. The number of carbonyl (C=O) groups is 2. The van der Waals surface area contributed by atoms with Crippen LogP contribution < -0.4 is 0 Å². The van der Waals surface area contributed by atoms with Crippen molar-refractivity contribution >= 4 is 23.5 Å². The van der Waals surface area contributed by atoms with Crippen LogP contribution in [0.15, 0.2) is 24.3 Å².